The highest BCUT2D eigenvalue weighted by molar-refractivity contribution is 5.68. The fourth-order valence-corrected chi connectivity index (χ4v) is 3.30. The van der Waals surface area contributed by atoms with Gasteiger partial charge in [-0.3, -0.25) is 4.90 Å². The molecule has 3 rings (SSSR count). The molecule has 5 nitrogen and oxygen atoms in total. The fraction of sp³-hybridized carbons (Fsp3) is 0.381. The van der Waals surface area contributed by atoms with E-state index < -0.39 is 0 Å². The largest absolute Gasteiger partial charge is 0.445 e. The lowest BCUT2D eigenvalue weighted by molar-refractivity contribution is 0.0817. The molecule has 0 unspecified atom stereocenters. The van der Waals surface area contributed by atoms with Gasteiger partial charge in [0.1, 0.15) is 6.61 Å². The van der Waals surface area contributed by atoms with Crippen molar-refractivity contribution in [2.75, 3.05) is 26.7 Å². The van der Waals surface area contributed by atoms with Crippen molar-refractivity contribution in [2.24, 2.45) is 0 Å². The second-order valence-electron chi connectivity index (χ2n) is 6.78. The van der Waals surface area contributed by atoms with Crippen LogP contribution in [-0.4, -0.2) is 53.8 Å². The Morgan fingerprint density at radius 2 is 1.85 bits per heavy atom. The summed E-state index contributed by atoms with van der Waals surface area (Å²) in [6.45, 7) is 2.43. The number of hydrogen-bond donors (Lipinski definition) is 1. The standard InChI is InChI=1S/C21H26N2O3/c1-22(21(25)26-16-17-8-4-2-5-9-17)20(18-10-6-3-7-11-18)15-23-13-12-19(24)14-23/h2-11,19-20,24H,12-16H2,1H3/t19-,20+/m0/s1. The molecule has 1 N–H and O–H groups in total. The summed E-state index contributed by atoms with van der Waals surface area (Å²) in [5.74, 6) is 0. The zero-order valence-corrected chi connectivity index (χ0v) is 15.1. The highest BCUT2D eigenvalue weighted by atomic mass is 16.6. The molecule has 0 bridgehead atoms. The second-order valence-corrected chi connectivity index (χ2v) is 6.78. The third-order valence-corrected chi connectivity index (χ3v) is 4.82. The Balaban J connectivity index is 1.67. The summed E-state index contributed by atoms with van der Waals surface area (Å²) in [7, 11) is 1.78. The third-order valence-electron chi connectivity index (χ3n) is 4.82. The van der Waals surface area contributed by atoms with Gasteiger partial charge in [-0.15, -0.1) is 0 Å². The molecule has 0 aromatic heterocycles. The van der Waals surface area contributed by atoms with Crippen LogP contribution in [0.15, 0.2) is 60.7 Å². The quantitative estimate of drug-likeness (QED) is 0.866. The Hall–Kier alpha value is -2.37. The van der Waals surface area contributed by atoms with E-state index in [-0.39, 0.29) is 24.8 Å². The van der Waals surface area contributed by atoms with E-state index in [1.807, 2.05) is 60.7 Å². The highest BCUT2D eigenvalue weighted by Gasteiger charge is 2.28. The average molecular weight is 354 g/mol. The van der Waals surface area contributed by atoms with Gasteiger partial charge in [0.15, 0.2) is 0 Å². The summed E-state index contributed by atoms with van der Waals surface area (Å²) >= 11 is 0. The minimum absolute atomic E-state index is 0.121. The molecule has 2 atom stereocenters. The van der Waals surface area contributed by atoms with Gasteiger partial charge >= 0.3 is 6.09 Å². The van der Waals surface area contributed by atoms with Gasteiger partial charge in [0.05, 0.1) is 12.1 Å². The van der Waals surface area contributed by atoms with Crippen LogP contribution in [0.2, 0.25) is 0 Å². The Bertz CT molecular complexity index is 693. The van der Waals surface area contributed by atoms with Crippen molar-refractivity contribution < 1.29 is 14.6 Å². The zero-order valence-electron chi connectivity index (χ0n) is 15.1. The molecule has 1 saturated heterocycles. The van der Waals surface area contributed by atoms with Crippen molar-refractivity contribution in [3.63, 3.8) is 0 Å². The molecular formula is C21H26N2O3. The highest BCUT2D eigenvalue weighted by Crippen LogP contribution is 2.23. The Morgan fingerprint density at radius 1 is 1.19 bits per heavy atom. The van der Waals surface area contributed by atoms with Crippen molar-refractivity contribution in [1.29, 1.82) is 0 Å². The summed E-state index contributed by atoms with van der Waals surface area (Å²) in [4.78, 5) is 16.5. The predicted octanol–water partition coefficient (Wildman–Crippen LogP) is 3.06. The number of nitrogens with zero attached hydrogens (tertiary/aromatic N) is 2. The molecule has 1 aliphatic rings. The third kappa shape index (κ3) is 4.84. The number of likely N-dealkylation sites (N-methyl/N-ethyl adjacent to an activating group) is 1. The molecule has 2 aromatic rings. The average Bonchev–Trinajstić information content (AvgIpc) is 3.10. The number of rotatable bonds is 6. The first-order chi connectivity index (χ1) is 12.6. The van der Waals surface area contributed by atoms with Crippen molar-refractivity contribution in [3.8, 4) is 0 Å². The second kappa shape index (κ2) is 8.83. The van der Waals surface area contributed by atoms with Crippen LogP contribution in [0.4, 0.5) is 4.79 Å². The molecule has 26 heavy (non-hydrogen) atoms. The van der Waals surface area contributed by atoms with Gasteiger partial charge in [-0.05, 0) is 17.5 Å². The van der Waals surface area contributed by atoms with Gasteiger partial charge in [0.25, 0.3) is 0 Å². The molecule has 1 heterocycles. The van der Waals surface area contributed by atoms with E-state index in [1.165, 1.54) is 0 Å². The van der Waals surface area contributed by atoms with Crippen molar-refractivity contribution in [2.45, 2.75) is 25.2 Å². The Morgan fingerprint density at radius 3 is 2.46 bits per heavy atom. The van der Waals surface area contributed by atoms with E-state index >= 15 is 0 Å². The van der Waals surface area contributed by atoms with Gasteiger partial charge < -0.3 is 14.7 Å². The SMILES string of the molecule is CN(C(=O)OCc1ccccc1)[C@H](CN1CC[C@H](O)C1)c1ccccc1. The number of aliphatic hydroxyl groups is 1. The first-order valence-corrected chi connectivity index (χ1v) is 9.02. The van der Waals surface area contributed by atoms with Crippen molar-refractivity contribution in [3.05, 3.63) is 71.8 Å². The van der Waals surface area contributed by atoms with Crippen LogP contribution >= 0.6 is 0 Å². The summed E-state index contributed by atoms with van der Waals surface area (Å²) in [5, 5.41) is 9.79. The topological polar surface area (TPSA) is 53.0 Å². The van der Waals surface area contributed by atoms with Crippen LogP contribution in [0.25, 0.3) is 0 Å². The Labute approximate surface area is 154 Å². The maximum atomic E-state index is 12.6. The van der Waals surface area contributed by atoms with Crippen LogP contribution in [0.5, 0.6) is 0 Å². The Kier molecular flexibility index (Phi) is 6.26. The van der Waals surface area contributed by atoms with Crippen molar-refractivity contribution in [1.82, 2.24) is 9.80 Å². The minimum atomic E-state index is -0.345. The van der Waals surface area contributed by atoms with E-state index in [1.54, 1.807) is 11.9 Å². The molecule has 0 spiro atoms. The predicted molar refractivity (Wildman–Crippen MR) is 101 cm³/mol. The van der Waals surface area contributed by atoms with Crippen LogP contribution in [0, 0.1) is 0 Å². The summed E-state index contributed by atoms with van der Waals surface area (Å²) in [5.41, 5.74) is 2.03. The number of β-amino-alcohol motifs (C(OH)–C–C–N with tert-alkyl or cyclic N) is 1. The number of likely N-dealkylation sites (tertiary alicyclic amines) is 1. The lowest BCUT2D eigenvalue weighted by Crippen LogP contribution is -2.39. The normalized spacial score (nSPS) is 18.5. The minimum Gasteiger partial charge on any atom is -0.445 e. The van der Waals surface area contributed by atoms with Crippen LogP contribution < -0.4 is 0 Å². The number of amides is 1. The summed E-state index contributed by atoms with van der Waals surface area (Å²) in [6.07, 6.45) is 0.160. The molecule has 0 radical (unpaired) electrons. The number of carbonyl (C=O) groups is 1. The maximum absolute atomic E-state index is 12.6. The molecule has 5 heteroatoms. The molecule has 0 aliphatic carbocycles. The lowest BCUT2D eigenvalue weighted by atomic mass is 10.1. The van der Waals surface area contributed by atoms with Gasteiger partial charge in [0, 0.05) is 26.7 Å². The van der Waals surface area contributed by atoms with Gasteiger partial charge in [0.2, 0.25) is 0 Å². The van der Waals surface area contributed by atoms with E-state index in [9.17, 15) is 9.90 Å². The number of ether oxygens (including phenoxy) is 1. The van der Waals surface area contributed by atoms with Gasteiger partial charge in [-0.1, -0.05) is 60.7 Å². The first-order valence-electron chi connectivity index (χ1n) is 9.02. The molecular weight excluding hydrogens is 328 g/mol. The van der Waals surface area contributed by atoms with E-state index in [0.29, 0.717) is 13.1 Å². The number of aliphatic hydroxyl groups excluding tert-OH is 1. The van der Waals surface area contributed by atoms with Crippen LogP contribution in [-0.2, 0) is 11.3 Å². The fourth-order valence-electron chi connectivity index (χ4n) is 3.30. The van der Waals surface area contributed by atoms with Crippen LogP contribution in [0.3, 0.4) is 0 Å². The number of carbonyl (C=O) groups excluding carboxylic acids is 1. The lowest BCUT2D eigenvalue weighted by Gasteiger charge is -2.31. The number of benzene rings is 2. The molecule has 0 saturated carbocycles. The molecule has 1 aliphatic heterocycles. The van der Waals surface area contributed by atoms with Gasteiger partial charge in [-0.25, -0.2) is 4.79 Å². The van der Waals surface area contributed by atoms with Crippen LogP contribution in [0.1, 0.15) is 23.6 Å². The molecule has 138 valence electrons. The zero-order chi connectivity index (χ0) is 18.4. The van der Waals surface area contributed by atoms with Gasteiger partial charge in [-0.2, -0.15) is 0 Å². The molecule has 2 aromatic carbocycles. The molecule has 1 amide bonds. The maximum Gasteiger partial charge on any atom is 0.410 e. The monoisotopic (exact) mass is 354 g/mol. The van der Waals surface area contributed by atoms with E-state index in [2.05, 4.69) is 4.90 Å². The van der Waals surface area contributed by atoms with E-state index in [0.717, 1.165) is 24.1 Å². The summed E-state index contributed by atoms with van der Waals surface area (Å²) < 4.78 is 5.50. The smallest absolute Gasteiger partial charge is 0.410 e. The number of hydrogen-bond acceptors (Lipinski definition) is 4. The molecule has 1 fully saturated rings. The van der Waals surface area contributed by atoms with Crippen molar-refractivity contribution >= 4 is 6.09 Å². The van der Waals surface area contributed by atoms with E-state index in [4.69, 9.17) is 4.74 Å². The summed E-state index contributed by atoms with van der Waals surface area (Å²) in [6, 6.07) is 19.5. The first kappa shape index (κ1) is 18.4.